The fraction of sp³-hybridized carbons (Fsp3) is 0.350. The minimum Gasteiger partial charge on any atom is -0.481 e. The summed E-state index contributed by atoms with van der Waals surface area (Å²) in [6.45, 7) is 6.14. The van der Waals surface area contributed by atoms with Crippen LogP contribution in [0.2, 0.25) is 5.02 Å². The van der Waals surface area contributed by atoms with Crippen LogP contribution in [0, 0.1) is 19.7 Å². The lowest BCUT2D eigenvalue weighted by atomic mass is 10.1. The van der Waals surface area contributed by atoms with Gasteiger partial charge in [0.25, 0.3) is 5.91 Å². The van der Waals surface area contributed by atoms with Crippen LogP contribution in [0.5, 0.6) is 5.75 Å². The first-order valence-corrected chi connectivity index (χ1v) is 9.94. The molecule has 1 amide bonds. The number of ether oxygens (including phenoxy) is 1. The monoisotopic (exact) mass is 395 g/mol. The van der Waals surface area contributed by atoms with Crippen LogP contribution in [0.15, 0.2) is 36.4 Å². The van der Waals surface area contributed by atoms with Crippen LogP contribution in [0.4, 0.5) is 4.39 Å². The molecule has 0 saturated carbocycles. The maximum absolute atomic E-state index is 13.7. The van der Waals surface area contributed by atoms with Gasteiger partial charge >= 0.3 is 0 Å². The van der Waals surface area contributed by atoms with Gasteiger partial charge in [-0.25, -0.2) is 4.39 Å². The third kappa shape index (κ3) is 5.92. The molecule has 0 aliphatic rings. The number of nitrogens with one attached hydrogen (secondary N) is 1. The van der Waals surface area contributed by atoms with Crippen LogP contribution in [0.1, 0.15) is 23.6 Å². The Kier molecular flexibility index (Phi) is 7.79. The van der Waals surface area contributed by atoms with E-state index in [0.717, 1.165) is 16.9 Å². The van der Waals surface area contributed by atoms with Crippen LogP contribution >= 0.6 is 23.4 Å². The zero-order valence-electron chi connectivity index (χ0n) is 15.1. The molecule has 2 aromatic rings. The van der Waals surface area contributed by atoms with Crippen molar-refractivity contribution in [2.45, 2.75) is 32.6 Å². The zero-order chi connectivity index (χ0) is 19.1. The minimum atomic E-state index is -0.582. The lowest BCUT2D eigenvalue weighted by molar-refractivity contribution is -0.127. The molecule has 0 aliphatic carbocycles. The first-order valence-electron chi connectivity index (χ1n) is 8.40. The average molecular weight is 396 g/mol. The number of benzene rings is 2. The van der Waals surface area contributed by atoms with Crippen molar-refractivity contribution in [1.29, 1.82) is 0 Å². The van der Waals surface area contributed by atoms with Gasteiger partial charge in [0.15, 0.2) is 6.10 Å². The number of carbonyl (C=O) groups is 1. The first-order chi connectivity index (χ1) is 12.4. The van der Waals surface area contributed by atoms with Gasteiger partial charge in [-0.2, -0.15) is 11.8 Å². The van der Waals surface area contributed by atoms with Gasteiger partial charge in [0.05, 0.1) is 0 Å². The lowest BCUT2D eigenvalue weighted by Gasteiger charge is -2.16. The normalized spacial score (nSPS) is 11.9. The van der Waals surface area contributed by atoms with Gasteiger partial charge in [-0.15, -0.1) is 0 Å². The summed E-state index contributed by atoms with van der Waals surface area (Å²) < 4.78 is 19.4. The molecule has 26 heavy (non-hydrogen) atoms. The highest BCUT2D eigenvalue weighted by atomic mass is 35.5. The second-order valence-electron chi connectivity index (χ2n) is 6.07. The summed E-state index contributed by atoms with van der Waals surface area (Å²) in [6.07, 6.45) is -0.582. The molecule has 2 rings (SSSR count). The van der Waals surface area contributed by atoms with Crippen LogP contribution in [0.25, 0.3) is 0 Å². The minimum absolute atomic E-state index is 0.171. The quantitative estimate of drug-likeness (QED) is 0.645. The second-order valence-corrected chi connectivity index (χ2v) is 7.59. The van der Waals surface area contributed by atoms with Gasteiger partial charge in [-0.05, 0) is 50.1 Å². The van der Waals surface area contributed by atoms with Crippen molar-refractivity contribution in [2.75, 3.05) is 12.3 Å². The Balaban J connectivity index is 1.73. The predicted octanol–water partition coefficient (Wildman–Crippen LogP) is 4.91. The van der Waals surface area contributed by atoms with Crippen LogP contribution in [0.3, 0.4) is 0 Å². The first kappa shape index (κ1) is 20.6. The number of halogens is 2. The smallest absolute Gasteiger partial charge is 0.260 e. The fourth-order valence-electron chi connectivity index (χ4n) is 2.31. The van der Waals surface area contributed by atoms with Crippen LogP contribution in [-0.2, 0) is 10.5 Å². The van der Waals surface area contributed by atoms with Gasteiger partial charge in [0, 0.05) is 28.6 Å². The number of amides is 1. The van der Waals surface area contributed by atoms with Crippen molar-refractivity contribution in [2.24, 2.45) is 0 Å². The van der Waals surface area contributed by atoms with E-state index in [2.05, 4.69) is 5.32 Å². The molecular formula is C20H23ClFNO2S. The van der Waals surface area contributed by atoms with E-state index in [1.807, 2.05) is 32.0 Å². The zero-order valence-corrected chi connectivity index (χ0v) is 16.7. The largest absolute Gasteiger partial charge is 0.481 e. The Labute approximate surface area is 163 Å². The summed E-state index contributed by atoms with van der Waals surface area (Å²) >= 11 is 7.51. The Morgan fingerprint density at radius 3 is 2.81 bits per heavy atom. The summed E-state index contributed by atoms with van der Waals surface area (Å²) in [4.78, 5) is 12.2. The van der Waals surface area contributed by atoms with Crippen molar-refractivity contribution in [1.82, 2.24) is 5.32 Å². The molecule has 6 heteroatoms. The second kappa shape index (κ2) is 9.83. The number of rotatable bonds is 8. The highest BCUT2D eigenvalue weighted by Gasteiger charge is 2.15. The molecule has 0 radical (unpaired) electrons. The molecular weight excluding hydrogens is 373 g/mol. The average Bonchev–Trinajstić information content (AvgIpc) is 2.59. The standard InChI is InChI=1S/C20H23ClFNO2S/c1-13-7-8-14(2)19(11-13)25-15(3)20(24)23-9-10-26-12-16-17(21)5-4-6-18(16)22/h4-8,11,15H,9-10,12H2,1-3H3,(H,23,24). The van der Waals surface area contributed by atoms with Crippen molar-refractivity contribution in [3.8, 4) is 5.75 Å². The van der Waals surface area contributed by atoms with E-state index in [4.69, 9.17) is 16.3 Å². The van der Waals surface area contributed by atoms with Gasteiger partial charge in [0.2, 0.25) is 0 Å². The van der Waals surface area contributed by atoms with Crippen LogP contribution in [-0.4, -0.2) is 24.3 Å². The number of carbonyl (C=O) groups excluding carboxylic acids is 1. The topological polar surface area (TPSA) is 38.3 Å². The molecule has 0 aromatic heterocycles. The maximum atomic E-state index is 13.7. The molecule has 0 saturated heterocycles. The maximum Gasteiger partial charge on any atom is 0.260 e. The van der Waals surface area contributed by atoms with E-state index in [1.165, 1.54) is 17.8 Å². The number of hydrogen-bond donors (Lipinski definition) is 1. The highest BCUT2D eigenvalue weighted by Crippen LogP contribution is 2.23. The van der Waals surface area contributed by atoms with Crippen LogP contribution < -0.4 is 10.1 Å². The van der Waals surface area contributed by atoms with E-state index in [1.54, 1.807) is 19.1 Å². The Bertz CT molecular complexity index is 749. The molecule has 1 atom stereocenters. The van der Waals surface area contributed by atoms with Crippen molar-refractivity contribution in [3.05, 3.63) is 63.9 Å². The Morgan fingerprint density at radius 1 is 1.31 bits per heavy atom. The van der Waals surface area contributed by atoms with E-state index >= 15 is 0 Å². The fourth-order valence-corrected chi connectivity index (χ4v) is 3.51. The molecule has 0 spiro atoms. The van der Waals surface area contributed by atoms with Gasteiger partial charge in [-0.3, -0.25) is 4.79 Å². The van der Waals surface area contributed by atoms with Gasteiger partial charge in [0.1, 0.15) is 11.6 Å². The summed E-state index contributed by atoms with van der Waals surface area (Å²) in [6, 6.07) is 10.6. The van der Waals surface area contributed by atoms with E-state index in [0.29, 0.717) is 28.6 Å². The molecule has 2 aromatic carbocycles. The van der Waals surface area contributed by atoms with Crippen molar-refractivity contribution >= 4 is 29.3 Å². The lowest BCUT2D eigenvalue weighted by Crippen LogP contribution is -2.37. The number of hydrogen-bond acceptors (Lipinski definition) is 3. The molecule has 0 heterocycles. The highest BCUT2D eigenvalue weighted by molar-refractivity contribution is 7.98. The molecule has 3 nitrogen and oxygen atoms in total. The predicted molar refractivity (Wildman–Crippen MR) is 107 cm³/mol. The number of aryl methyl sites for hydroxylation is 2. The molecule has 0 bridgehead atoms. The molecule has 140 valence electrons. The third-order valence-corrected chi connectivity index (χ3v) is 5.21. The third-order valence-electron chi connectivity index (χ3n) is 3.87. The van der Waals surface area contributed by atoms with Gasteiger partial charge in [-0.1, -0.05) is 29.8 Å². The summed E-state index contributed by atoms with van der Waals surface area (Å²) in [5.41, 5.74) is 2.58. The Hall–Kier alpha value is -1.72. The van der Waals surface area contributed by atoms with Crippen molar-refractivity contribution in [3.63, 3.8) is 0 Å². The van der Waals surface area contributed by atoms with E-state index in [-0.39, 0.29) is 11.7 Å². The molecule has 0 aliphatic heterocycles. The number of thioether (sulfide) groups is 1. The Morgan fingerprint density at radius 2 is 2.08 bits per heavy atom. The van der Waals surface area contributed by atoms with Gasteiger partial charge < -0.3 is 10.1 Å². The molecule has 1 unspecified atom stereocenters. The summed E-state index contributed by atoms with van der Waals surface area (Å²) in [7, 11) is 0. The molecule has 1 N–H and O–H groups in total. The van der Waals surface area contributed by atoms with Crippen molar-refractivity contribution < 1.29 is 13.9 Å². The van der Waals surface area contributed by atoms with E-state index in [9.17, 15) is 9.18 Å². The summed E-state index contributed by atoms with van der Waals surface area (Å²) in [5.74, 6) is 1.37. The summed E-state index contributed by atoms with van der Waals surface area (Å²) in [5, 5.41) is 3.27. The van der Waals surface area contributed by atoms with E-state index < -0.39 is 6.10 Å². The molecule has 0 fully saturated rings. The SMILES string of the molecule is Cc1ccc(C)c(OC(C)C(=O)NCCSCc2c(F)cccc2Cl)c1.